The molecule has 1 rings (SSSR count). The van der Waals surface area contributed by atoms with Crippen LogP contribution < -0.4 is 10.1 Å². The number of hydrogen-bond donors (Lipinski definition) is 3. The SMILES string of the molecule is CCNCc1ccc([N+](=O)[O-])c(OCC(O)CO)c1. The van der Waals surface area contributed by atoms with E-state index in [4.69, 9.17) is 9.84 Å². The fraction of sp³-hybridized carbons (Fsp3) is 0.500. The highest BCUT2D eigenvalue weighted by Gasteiger charge is 2.16. The molecule has 0 aliphatic carbocycles. The molecule has 0 fully saturated rings. The van der Waals surface area contributed by atoms with E-state index in [1.165, 1.54) is 6.07 Å². The molecule has 0 aromatic heterocycles. The fourth-order valence-electron chi connectivity index (χ4n) is 1.44. The Balaban J connectivity index is 2.85. The van der Waals surface area contributed by atoms with Crippen LogP contribution in [0.5, 0.6) is 5.75 Å². The highest BCUT2D eigenvalue weighted by atomic mass is 16.6. The number of aliphatic hydroxyl groups excluding tert-OH is 2. The van der Waals surface area contributed by atoms with Gasteiger partial charge in [-0.1, -0.05) is 13.0 Å². The van der Waals surface area contributed by atoms with Crippen LogP contribution in [0.3, 0.4) is 0 Å². The second-order valence-corrected chi connectivity index (χ2v) is 3.99. The molecule has 1 atom stereocenters. The van der Waals surface area contributed by atoms with Crippen LogP contribution in [-0.2, 0) is 6.54 Å². The first-order chi connectivity index (χ1) is 9.08. The van der Waals surface area contributed by atoms with Crippen molar-refractivity contribution in [3.63, 3.8) is 0 Å². The Bertz CT molecular complexity index is 425. The van der Waals surface area contributed by atoms with Crippen LogP contribution in [0.25, 0.3) is 0 Å². The molecular weight excluding hydrogens is 252 g/mol. The monoisotopic (exact) mass is 270 g/mol. The minimum absolute atomic E-state index is 0.0907. The van der Waals surface area contributed by atoms with E-state index in [1.807, 2.05) is 6.92 Å². The van der Waals surface area contributed by atoms with E-state index < -0.39 is 17.6 Å². The van der Waals surface area contributed by atoms with Gasteiger partial charge in [-0.2, -0.15) is 0 Å². The van der Waals surface area contributed by atoms with Gasteiger partial charge in [0.1, 0.15) is 12.7 Å². The van der Waals surface area contributed by atoms with Crippen molar-refractivity contribution in [1.82, 2.24) is 5.32 Å². The van der Waals surface area contributed by atoms with Gasteiger partial charge in [0.2, 0.25) is 0 Å². The quantitative estimate of drug-likeness (QED) is 0.467. The number of rotatable bonds is 8. The second kappa shape index (κ2) is 7.67. The predicted molar refractivity (Wildman–Crippen MR) is 69.1 cm³/mol. The number of nitrogens with zero attached hydrogens (tertiary/aromatic N) is 1. The lowest BCUT2D eigenvalue weighted by Crippen LogP contribution is -2.21. The van der Waals surface area contributed by atoms with Crippen LogP contribution in [0.2, 0.25) is 0 Å². The summed E-state index contributed by atoms with van der Waals surface area (Å²) >= 11 is 0. The first-order valence-electron chi connectivity index (χ1n) is 5.98. The molecule has 0 bridgehead atoms. The molecule has 0 spiro atoms. The van der Waals surface area contributed by atoms with E-state index in [0.717, 1.165) is 12.1 Å². The summed E-state index contributed by atoms with van der Waals surface area (Å²) in [7, 11) is 0. The van der Waals surface area contributed by atoms with Gasteiger partial charge in [-0.3, -0.25) is 10.1 Å². The van der Waals surface area contributed by atoms with E-state index >= 15 is 0 Å². The summed E-state index contributed by atoms with van der Waals surface area (Å²) in [6.45, 7) is 2.68. The van der Waals surface area contributed by atoms with Gasteiger partial charge in [-0.25, -0.2) is 0 Å². The molecule has 0 heterocycles. The number of nitrogens with one attached hydrogen (secondary N) is 1. The highest BCUT2D eigenvalue weighted by Crippen LogP contribution is 2.28. The molecule has 7 heteroatoms. The first kappa shape index (κ1) is 15.4. The maximum atomic E-state index is 10.9. The molecule has 0 aliphatic rings. The summed E-state index contributed by atoms with van der Waals surface area (Å²) in [5.74, 6) is 0.0907. The van der Waals surface area contributed by atoms with Crippen LogP contribution in [-0.4, -0.2) is 41.0 Å². The van der Waals surface area contributed by atoms with E-state index in [0.29, 0.717) is 6.54 Å². The van der Waals surface area contributed by atoms with Crippen molar-refractivity contribution in [3.05, 3.63) is 33.9 Å². The summed E-state index contributed by atoms with van der Waals surface area (Å²) in [5.41, 5.74) is 0.686. The van der Waals surface area contributed by atoms with Gasteiger partial charge in [-0.15, -0.1) is 0 Å². The van der Waals surface area contributed by atoms with Gasteiger partial charge in [0.25, 0.3) is 0 Å². The largest absolute Gasteiger partial charge is 0.484 e. The smallest absolute Gasteiger partial charge is 0.310 e. The molecule has 3 N–H and O–H groups in total. The van der Waals surface area contributed by atoms with Crippen molar-refractivity contribution >= 4 is 5.69 Å². The van der Waals surface area contributed by atoms with Gasteiger partial charge in [0.15, 0.2) is 5.75 Å². The lowest BCUT2D eigenvalue weighted by atomic mass is 10.2. The Morgan fingerprint density at radius 3 is 2.84 bits per heavy atom. The maximum Gasteiger partial charge on any atom is 0.310 e. The Kier molecular flexibility index (Phi) is 6.20. The third kappa shape index (κ3) is 4.82. The lowest BCUT2D eigenvalue weighted by Gasteiger charge is -2.11. The van der Waals surface area contributed by atoms with Crippen molar-refractivity contribution in [2.45, 2.75) is 19.6 Å². The maximum absolute atomic E-state index is 10.9. The second-order valence-electron chi connectivity index (χ2n) is 3.99. The Labute approximate surface area is 111 Å². The summed E-state index contributed by atoms with van der Waals surface area (Å²) < 4.78 is 5.19. The summed E-state index contributed by atoms with van der Waals surface area (Å²) in [6.07, 6.45) is -1.06. The molecule has 0 radical (unpaired) electrons. The number of hydrogen-bond acceptors (Lipinski definition) is 6. The third-order valence-electron chi connectivity index (χ3n) is 2.44. The molecule has 1 aromatic carbocycles. The van der Waals surface area contributed by atoms with Crippen molar-refractivity contribution in [2.75, 3.05) is 19.8 Å². The lowest BCUT2D eigenvalue weighted by molar-refractivity contribution is -0.385. The third-order valence-corrected chi connectivity index (χ3v) is 2.44. The van der Waals surface area contributed by atoms with Crippen LogP contribution in [0, 0.1) is 10.1 Å². The minimum atomic E-state index is -1.06. The van der Waals surface area contributed by atoms with Gasteiger partial charge in [0.05, 0.1) is 11.5 Å². The zero-order valence-corrected chi connectivity index (χ0v) is 10.7. The molecule has 0 saturated carbocycles. The van der Waals surface area contributed by atoms with Crippen molar-refractivity contribution in [3.8, 4) is 5.75 Å². The molecule has 0 saturated heterocycles. The molecule has 0 amide bonds. The highest BCUT2D eigenvalue weighted by molar-refractivity contribution is 5.48. The van der Waals surface area contributed by atoms with Crippen molar-refractivity contribution in [2.24, 2.45) is 0 Å². The molecule has 0 aliphatic heterocycles. The summed E-state index contributed by atoms with van der Waals surface area (Å²) in [5, 5.41) is 31.9. The average molecular weight is 270 g/mol. The topological polar surface area (TPSA) is 105 Å². The molecule has 106 valence electrons. The minimum Gasteiger partial charge on any atom is -0.484 e. The van der Waals surface area contributed by atoms with Crippen LogP contribution in [0.4, 0.5) is 5.69 Å². The zero-order valence-electron chi connectivity index (χ0n) is 10.7. The van der Waals surface area contributed by atoms with E-state index in [-0.39, 0.29) is 18.0 Å². The van der Waals surface area contributed by atoms with E-state index in [1.54, 1.807) is 12.1 Å². The predicted octanol–water partition coefficient (Wildman–Crippen LogP) is 0.436. The van der Waals surface area contributed by atoms with Crippen molar-refractivity contribution < 1.29 is 19.9 Å². The standard InChI is InChI=1S/C12H18N2O5/c1-2-13-6-9-3-4-11(14(17)18)12(5-9)19-8-10(16)7-15/h3-5,10,13,15-16H,2,6-8H2,1H3. The van der Waals surface area contributed by atoms with Gasteiger partial charge >= 0.3 is 5.69 Å². The van der Waals surface area contributed by atoms with Gasteiger partial charge < -0.3 is 20.3 Å². The number of benzene rings is 1. The summed E-state index contributed by atoms with van der Waals surface area (Å²) in [6, 6.07) is 4.58. The molecule has 19 heavy (non-hydrogen) atoms. The number of ether oxygens (including phenoxy) is 1. The zero-order chi connectivity index (χ0) is 14.3. The normalized spacial score (nSPS) is 12.2. The van der Waals surface area contributed by atoms with Crippen LogP contribution in [0.1, 0.15) is 12.5 Å². The molecule has 1 unspecified atom stereocenters. The van der Waals surface area contributed by atoms with Gasteiger partial charge in [-0.05, 0) is 18.2 Å². The Hall–Kier alpha value is -1.70. The Morgan fingerprint density at radius 1 is 1.53 bits per heavy atom. The van der Waals surface area contributed by atoms with Gasteiger partial charge in [0, 0.05) is 12.6 Å². The number of aliphatic hydroxyl groups is 2. The Morgan fingerprint density at radius 2 is 2.26 bits per heavy atom. The first-order valence-corrected chi connectivity index (χ1v) is 5.98. The molecule has 7 nitrogen and oxygen atoms in total. The summed E-state index contributed by atoms with van der Waals surface area (Å²) in [4.78, 5) is 10.3. The molecular formula is C12H18N2O5. The van der Waals surface area contributed by atoms with E-state index in [9.17, 15) is 15.2 Å². The van der Waals surface area contributed by atoms with Crippen molar-refractivity contribution in [1.29, 1.82) is 0 Å². The van der Waals surface area contributed by atoms with Crippen LogP contribution in [0.15, 0.2) is 18.2 Å². The molecule has 1 aromatic rings. The average Bonchev–Trinajstić information content (AvgIpc) is 2.42. The fourth-order valence-corrected chi connectivity index (χ4v) is 1.44. The number of nitro groups is 1. The van der Waals surface area contributed by atoms with E-state index in [2.05, 4.69) is 5.32 Å². The van der Waals surface area contributed by atoms with Crippen LogP contribution >= 0.6 is 0 Å². The number of nitro benzene ring substituents is 1.